The van der Waals surface area contributed by atoms with Gasteiger partial charge in [0, 0.05) is 12.6 Å². The first-order valence-electron chi connectivity index (χ1n) is 7.19. The van der Waals surface area contributed by atoms with E-state index in [1.54, 1.807) is 25.2 Å². The summed E-state index contributed by atoms with van der Waals surface area (Å²) in [7, 11) is 1.65. The first kappa shape index (κ1) is 16.7. The molecule has 25 heavy (non-hydrogen) atoms. The maximum absolute atomic E-state index is 13.3. The van der Waals surface area contributed by atoms with Crippen LogP contribution in [0, 0.1) is 5.95 Å². The first-order chi connectivity index (χ1) is 12.0. The third-order valence-electron chi connectivity index (χ3n) is 3.51. The van der Waals surface area contributed by atoms with Crippen LogP contribution in [0.3, 0.4) is 0 Å². The van der Waals surface area contributed by atoms with E-state index in [0.717, 1.165) is 0 Å². The Hall–Kier alpha value is -3.16. The van der Waals surface area contributed by atoms with E-state index in [2.05, 4.69) is 14.8 Å². The molecular weight excluding hydrogens is 335 g/mol. The number of rotatable bonds is 5. The molecule has 3 aromatic rings. The van der Waals surface area contributed by atoms with E-state index in [-0.39, 0.29) is 11.3 Å². The third kappa shape index (κ3) is 3.52. The van der Waals surface area contributed by atoms with Crippen molar-refractivity contribution < 1.29 is 22.7 Å². The van der Waals surface area contributed by atoms with E-state index >= 15 is 0 Å². The number of benzene rings is 1. The molecule has 0 unspecified atom stereocenters. The summed E-state index contributed by atoms with van der Waals surface area (Å²) in [6, 6.07) is 10.3. The summed E-state index contributed by atoms with van der Waals surface area (Å²) in [4.78, 5) is 14.7. The molecule has 0 fully saturated rings. The molecule has 1 aromatic carbocycles. The Morgan fingerprint density at radius 1 is 1.16 bits per heavy atom. The number of hydrogen-bond donors (Lipinski definition) is 0. The lowest BCUT2D eigenvalue weighted by Crippen LogP contribution is -2.04. The number of alkyl halides is 2. The van der Waals surface area contributed by atoms with E-state index in [9.17, 15) is 18.0 Å². The van der Waals surface area contributed by atoms with Gasteiger partial charge in [-0.05, 0) is 30.3 Å². The van der Waals surface area contributed by atoms with Crippen LogP contribution in [0.2, 0.25) is 0 Å². The Morgan fingerprint density at radius 3 is 2.64 bits per heavy atom. The van der Waals surface area contributed by atoms with Gasteiger partial charge in [-0.25, -0.2) is 4.98 Å². The molecule has 0 aliphatic rings. The number of aromatic nitrogens is 3. The van der Waals surface area contributed by atoms with Crippen LogP contribution in [-0.4, -0.2) is 27.7 Å². The van der Waals surface area contributed by atoms with Crippen LogP contribution < -0.4 is 4.74 Å². The van der Waals surface area contributed by atoms with Crippen molar-refractivity contribution in [3.05, 3.63) is 54.0 Å². The predicted octanol–water partition coefficient (Wildman–Crippen LogP) is 3.70. The summed E-state index contributed by atoms with van der Waals surface area (Å²) >= 11 is 0. The molecule has 0 bridgehead atoms. The Kier molecular flexibility index (Phi) is 4.51. The topological polar surface area (TPSA) is 57.0 Å². The molecule has 128 valence electrons. The van der Waals surface area contributed by atoms with Gasteiger partial charge in [0.2, 0.25) is 5.95 Å². The van der Waals surface area contributed by atoms with Crippen molar-refractivity contribution in [2.24, 2.45) is 7.05 Å². The molecule has 0 aliphatic heterocycles. The first-order valence-corrected chi connectivity index (χ1v) is 7.19. The molecule has 0 saturated carbocycles. The fourth-order valence-corrected chi connectivity index (χ4v) is 2.39. The summed E-state index contributed by atoms with van der Waals surface area (Å²) in [6.07, 6.45) is 0.433. The van der Waals surface area contributed by atoms with E-state index in [4.69, 9.17) is 0 Å². The Labute approximate surface area is 140 Å². The third-order valence-corrected chi connectivity index (χ3v) is 3.51. The zero-order valence-corrected chi connectivity index (χ0v) is 13.0. The molecule has 0 N–H and O–H groups in total. The largest absolute Gasteiger partial charge is 0.434 e. The van der Waals surface area contributed by atoms with Gasteiger partial charge in [0.1, 0.15) is 5.75 Å². The minimum absolute atomic E-state index is 0.00648. The normalized spacial score (nSPS) is 10.9. The van der Waals surface area contributed by atoms with Crippen molar-refractivity contribution in [2.75, 3.05) is 0 Å². The maximum Gasteiger partial charge on any atom is 0.387 e. The molecule has 0 spiro atoms. The van der Waals surface area contributed by atoms with Gasteiger partial charge in [-0.15, -0.1) is 0 Å². The average molecular weight is 347 g/mol. The van der Waals surface area contributed by atoms with Crippen molar-refractivity contribution in [1.82, 2.24) is 14.8 Å². The molecule has 0 radical (unpaired) electrons. The second kappa shape index (κ2) is 6.76. The van der Waals surface area contributed by atoms with E-state index in [0.29, 0.717) is 28.9 Å². The fourth-order valence-electron chi connectivity index (χ4n) is 2.39. The number of carbonyl (C=O) groups is 1. The zero-order chi connectivity index (χ0) is 18.0. The molecule has 5 nitrogen and oxygen atoms in total. The van der Waals surface area contributed by atoms with Crippen LogP contribution in [0.4, 0.5) is 13.2 Å². The lowest BCUT2D eigenvalue weighted by molar-refractivity contribution is -0.0500. The molecule has 0 aliphatic carbocycles. The highest BCUT2D eigenvalue weighted by molar-refractivity contribution is 5.81. The quantitative estimate of drug-likeness (QED) is 0.522. The number of pyridine rings is 1. The highest BCUT2D eigenvalue weighted by atomic mass is 19.3. The van der Waals surface area contributed by atoms with Gasteiger partial charge < -0.3 is 4.74 Å². The Morgan fingerprint density at radius 2 is 1.96 bits per heavy atom. The molecule has 2 heterocycles. The summed E-state index contributed by atoms with van der Waals surface area (Å²) in [5.41, 5.74) is 1.85. The van der Waals surface area contributed by atoms with Gasteiger partial charge in [0.25, 0.3) is 0 Å². The second-order valence-corrected chi connectivity index (χ2v) is 5.13. The van der Waals surface area contributed by atoms with E-state index < -0.39 is 12.6 Å². The van der Waals surface area contributed by atoms with Gasteiger partial charge in [-0.1, -0.05) is 12.1 Å². The number of aryl methyl sites for hydroxylation is 1. The molecule has 3 rings (SSSR count). The highest BCUT2D eigenvalue weighted by Gasteiger charge is 2.15. The average Bonchev–Trinajstić information content (AvgIpc) is 2.96. The molecule has 0 atom stereocenters. The lowest BCUT2D eigenvalue weighted by atomic mass is 10.1. The summed E-state index contributed by atoms with van der Waals surface area (Å²) in [5.74, 6) is -0.859. The Bertz CT molecular complexity index is 925. The van der Waals surface area contributed by atoms with Gasteiger partial charge in [0.05, 0.1) is 22.6 Å². The summed E-state index contributed by atoms with van der Waals surface area (Å²) in [5, 5.41) is 4.29. The number of aldehydes is 1. The van der Waals surface area contributed by atoms with E-state index in [1.807, 2.05) is 0 Å². The van der Waals surface area contributed by atoms with Crippen molar-refractivity contribution >= 4 is 6.29 Å². The van der Waals surface area contributed by atoms with Gasteiger partial charge in [-0.3, -0.25) is 9.48 Å². The molecular formula is C17H12F3N3O2. The van der Waals surface area contributed by atoms with Crippen molar-refractivity contribution in [1.29, 1.82) is 0 Å². The zero-order valence-electron chi connectivity index (χ0n) is 13.0. The smallest absolute Gasteiger partial charge is 0.387 e. The van der Waals surface area contributed by atoms with E-state index in [1.165, 1.54) is 28.9 Å². The van der Waals surface area contributed by atoms with Crippen LogP contribution in [-0.2, 0) is 7.05 Å². The maximum atomic E-state index is 13.3. The van der Waals surface area contributed by atoms with Gasteiger partial charge >= 0.3 is 6.61 Å². The minimum atomic E-state index is -3.05. The van der Waals surface area contributed by atoms with Crippen molar-refractivity contribution in [3.63, 3.8) is 0 Å². The van der Waals surface area contributed by atoms with Crippen molar-refractivity contribution in [2.45, 2.75) is 6.61 Å². The summed E-state index contributed by atoms with van der Waals surface area (Å²) < 4.78 is 44.2. The van der Waals surface area contributed by atoms with Crippen LogP contribution in [0.5, 0.6) is 5.75 Å². The number of hydrogen-bond acceptors (Lipinski definition) is 4. The van der Waals surface area contributed by atoms with Gasteiger partial charge in [0.15, 0.2) is 6.29 Å². The molecule has 8 heteroatoms. The minimum Gasteiger partial charge on any atom is -0.434 e. The lowest BCUT2D eigenvalue weighted by Gasteiger charge is -2.08. The SMILES string of the molecule is Cn1nc(-c2ccc(C=O)c(OC(F)F)c2)cc1-c1cccc(F)n1. The standard InChI is InChI=1S/C17H12F3N3O2/c1-23-14(12-3-2-4-16(18)21-12)8-13(22-23)10-5-6-11(9-24)15(7-10)25-17(19)20/h2-9,17H,1H3. The van der Waals surface area contributed by atoms with Crippen LogP contribution in [0.1, 0.15) is 10.4 Å². The van der Waals surface area contributed by atoms with Crippen molar-refractivity contribution in [3.8, 4) is 28.4 Å². The Balaban J connectivity index is 2.03. The second-order valence-electron chi connectivity index (χ2n) is 5.13. The predicted molar refractivity (Wildman–Crippen MR) is 83.9 cm³/mol. The van der Waals surface area contributed by atoms with Gasteiger partial charge in [-0.2, -0.15) is 18.3 Å². The van der Waals surface area contributed by atoms with Crippen LogP contribution in [0.15, 0.2) is 42.5 Å². The fraction of sp³-hybridized carbons (Fsp3) is 0.118. The molecule has 2 aromatic heterocycles. The number of nitrogens with zero attached hydrogens (tertiary/aromatic N) is 3. The monoisotopic (exact) mass is 347 g/mol. The number of carbonyl (C=O) groups excluding carboxylic acids is 1. The highest BCUT2D eigenvalue weighted by Crippen LogP contribution is 2.29. The van der Waals surface area contributed by atoms with Crippen LogP contribution >= 0.6 is 0 Å². The number of ether oxygens (including phenoxy) is 1. The molecule has 0 amide bonds. The summed E-state index contributed by atoms with van der Waals surface area (Å²) in [6.45, 7) is -3.05. The molecule has 0 saturated heterocycles. The van der Waals surface area contributed by atoms with Crippen LogP contribution in [0.25, 0.3) is 22.6 Å². The number of halogens is 3.